The zero-order valence-corrected chi connectivity index (χ0v) is 19.3. The van der Waals surface area contributed by atoms with Crippen LogP contribution in [0, 0.1) is 0 Å². The van der Waals surface area contributed by atoms with Gasteiger partial charge in [-0.3, -0.25) is 4.79 Å². The Kier molecular flexibility index (Phi) is 6.14. The predicted molar refractivity (Wildman–Crippen MR) is 128 cm³/mol. The predicted octanol–water partition coefficient (Wildman–Crippen LogP) is 3.20. The Morgan fingerprint density at radius 2 is 1.65 bits per heavy atom. The lowest BCUT2D eigenvalue weighted by Gasteiger charge is -2.26. The number of ether oxygens (including phenoxy) is 1. The van der Waals surface area contributed by atoms with Gasteiger partial charge in [0.2, 0.25) is 10.0 Å². The Hall–Kier alpha value is -3.53. The molecule has 4 aromatic rings. The molecule has 1 aliphatic rings. The summed E-state index contributed by atoms with van der Waals surface area (Å²) < 4.78 is 34.5. The number of aromatic nitrogens is 2. The molecule has 174 valence electrons. The first kappa shape index (κ1) is 22.3. The normalized spacial score (nSPS) is 14.8. The van der Waals surface area contributed by atoms with Crippen molar-refractivity contribution < 1.29 is 17.9 Å². The SMILES string of the molecule is O=C(c1ccc(S(=O)(=O)N2CCOCC2)cc1)N(Cc1cnc2ccccn12)c1ccccc1. The number of sulfonamides is 1. The highest BCUT2D eigenvalue weighted by Gasteiger charge is 2.27. The van der Waals surface area contributed by atoms with Crippen LogP contribution in [-0.2, 0) is 21.3 Å². The van der Waals surface area contributed by atoms with Crippen molar-refractivity contribution in [2.75, 3.05) is 31.2 Å². The quantitative estimate of drug-likeness (QED) is 0.427. The van der Waals surface area contributed by atoms with Gasteiger partial charge in [0.1, 0.15) is 5.65 Å². The summed E-state index contributed by atoms with van der Waals surface area (Å²) in [5, 5.41) is 0. The molecule has 2 aromatic heterocycles. The van der Waals surface area contributed by atoms with Gasteiger partial charge in [-0.15, -0.1) is 0 Å². The minimum Gasteiger partial charge on any atom is -0.379 e. The fourth-order valence-electron chi connectivity index (χ4n) is 4.01. The third-order valence-electron chi connectivity index (χ3n) is 5.84. The topological polar surface area (TPSA) is 84.2 Å². The van der Waals surface area contributed by atoms with Crippen molar-refractivity contribution in [3.63, 3.8) is 0 Å². The van der Waals surface area contributed by atoms with Gasteiger partial charge in [-0.2, -0.15) is 4.31 Å². The van der Waals surface area contributed by atoms with Crippen molar-refractivity contribution in [3.05, 3.63) is 96.4 Å². The maximum absolute atomic E-state index is 13.6. The highest BCUT2D eigenvalue weighted by molar-refractivity contribution is 7.89. The molecule has 0 aliphatic carbocycles. The molecule has 0 spiro atoms. The van der Waals surface area contributed by atoms with E-state index in [-0.39, 0.29) is 10.8 Å². The van der Waals surface area contributed by atoms with E-state index in [9.17, 15) is 13.2 Å². The third kappa shape index (κ3) is 4.33. The average Bonchev–Trinajstić information content (AvgIpc) is 3.31. The number of hydrogen-bond acceptors (Lipinski definition) is 5. The number of nitrogens with zero attached hydrogens (tertiary/aromatic N) is 4. The van der Waals surface area contributed by atoms with E-state index >= 15 is 0 Å². The molecule has 2 aromatic carbocycles. The molecular formula is C25H24N4O4S. The van der Waals surface area contributed by atoms with Gasteiger partial charge < -0.3 is 14.0 Å². The van der Waals surface area contributed by atoms with Crippen molar-refractivity contribution in [3.8, 4) is 0 Å². The maximum atomic E-state index is 13.6. The Bertz CT molecular complexity index is 1400. The first-order valence-corrected chi connectivity index (χ1v) is 12.4. The summed E-state index contributed by atoms with van der Waals surface area (Å²) in [6, 6.07) is 21.3. The second-order valence-electron chi connectivity index (χ2n) is 7.95. The fourth-order valence-corrected chi connectivity index (χ4v) is 5.42. The van der Waals surface area contributed by atoms with E-state index in [0.29, 0.717) is 38.4 Å². The number of benzene rings is 2. The molecule has 9 heteroatoms. The standard InChI is InChI=1S/C25H24N4O4S/c30-25(20-9-11-23(12-10-20)34(31,32)27-14-16-33-17-15-27)29(21-6-2-1-3-7-21)19-22-18-26-24-8-4-5-13-28(22)24/h1-13,18H,14-17,19H2. The first-order valence-electron chi connectivity index (χ1n) is 11.0. The number of rotatable bonds is 6. The average molecular weight is 477 g/mol. The lowest BCUT2D eigenvalue weighted by atomic mass is 10.1. The van der Waals surface area contributed by atoms with Gasteiger partial charge in [0.15, 0.2) is 0 Å². The van der Waals surface area contributed by atoms with Crippen molar-refractivity contribution in [1.82, 2.24) is 13.7 Å². The summed E-state index contributed by atoms with van der Waals surface area (Å²) in [4.78, 5) is 19.8. The molecule has 0 radical (unpaired) electrons. The largest absolute Gasteiger partial charge is 0.379 e. The van der Waals surface area contributed by atoms with Crippen molar-refractivity contribution in [1.29, 1.82) is 0 Å². The Balaban J connectivity index is 1.44. The number of imidazole rings is 1. The molecule has 1 saturated heterocycles. The van der Waals surface area contributed by atoms with Crippen LogP contribution in [0.1, 0.15) is 16.1 Å². The van der Waals surface area contributed by atoms with E-state index in [0.717, 1.165) is 17.0 Å². The van der Waals surface area contributed by atoms with Gasteiger partial charge in [-0.25, -0.2) is 13.4 Å². The van der Waals surface area contributed by atoms with Gasteiger partial charge in [0.05, 0.1) is 36.5 Å². The van der Waals surface area contributed by atoms with Crippen LogP contribution < -0.4 is 4.90 Å². The second-order valence-corrected chi connectivity index (χ2v) is 9.88. The number of anilines is 1. The maximum Gasteiger partial charge on any atom is 0.258 e. The number of carbonyl (C=O) groups is 1. The van der Waals surface area contributed by atoms with Crippen LogP contribution in [0.3, 0.4) is 0 Å². The lowest BCUT2D eigenvalue weighted by molar-refractivity contribution is 0.0730. The van der Waals surface area contributed by atoms with Gasteiger partial charge in [0, 0.05) is 30.5 Å². The molecular weight excluding hydrogens is 452 g/mol. The summed E-state index contributed by atoms with van der Waals surface area (Å²) in [5.41, 5.74) is 2.80. The highest BCUT2D eigenvalue weighted by atomic mass is 32.2. The molecule has 1 aliphatic heterocycles. The number of para-hydroxylation sites is 1. The molecule has 0 unspecified atom stereocenters. The lowest BCUT2D eigenvalue weighted by Crippen LogP contribution is -2.40. The number of morpholine rings is 1. The monoisotopic (exact) mass is 476 g/mol. The van der Waals surface area contributed by atoms with Crippen LogP contribution in [-0.4, -0.2) is 54.3 Å². The molecule has 0 atom stereocenters. The third-order valence-corrected chi connectivity index (χ3v) is 7.75. The molecule has 1 fully saturated rings. The van der Waals surface area contributed by atoms with E-state index < -0.39 is 10.0 Å². The summed E-state index contributed by atoms with van der Waals surface area (Å²) in [5.74, 6) is -0.229. The molecule has 0 N–H and O–H groups in total. The van der Waals surface area contributed by atoms with E-state index in [1.165, 1.54) is 16.4 Å². The van der Waals surface area contributed by atoms with Crippen LogP contribution in [0.15, 0.2) is 90.1 Å². The Morgan fingerprint density at radius 1 is 0.941 bits per heavy atom. The van der Waals surface area contributed by atoms with E-state index in [4.69, 9.17) is 4.74 Å². The van der Waals surface area contributed by atoms with E-state index in [1.807, 2.05) is 59.1 Å². The minimum absolute atomic E-state index is 0.166. The molecule has 34 heavy (non-hydrogen) atoms. The van der Waals surface area contributed by atoms with Crippen molar-refractivity contribution in [2.24, 2.45) is 0 Å². The number of carbonyl (C=O) groups excluding carboxylic acids is 1. The molecule has 5 rings (SSSR count). The first-order chi connectivity index (χ1) is 16.5. The second kappa shape index (κ2) is 9.38. The smallest absolute Gasteiger partial charge is 0.258 e. The van der Waals surface area contributed by atoms with Gasteiger partial charge >= 0.3 is 0 Å². The van der Waals surface area contributed by atoms with Crippen molar-refractivity contribution >= 4 is 27.3 Å². The summed E-state index contributed by atoms with van der Waals surface area (Å²) in [6.07, 6.45) is 3.67. The molecule has 0 saturated carbocycles. The van der Waals surface area contributed by atoms with Gasteiger partial charge in [-0.1, -0.05) is 24.3 Å². The number of fused-ring (bicyclic) bond motifs is 1. The fraction of sp³-hybridized carbons (Fsp3) is 0.200. The zero-order chi connectivity index (χ0) is 23.5. The highest BCUT2D eigenvalue weighted by Crippen LogP contribution is 2.23. The van der Waals surface area contributed by atoms with E-state index in [2.05, 4.69) is 4.98 Å². The van der Waals surface area contributed by atoms with Crippen LogP contribution in [0.25, 0.3) is 5.65 Å². The Labute approximate surface area is 198 Å². The van der Waals surface area contributed by atoms with Crippen molar-refractivity contribution in [2.45, 2.75) is 11.4 Å². The molecule has 1 amide bonds. The molecule has 3 heterocycles. The van der Waals surface area contributed by atoms with Crippen LogP contribution >= 0.6 is 0 Å². The van der Waals surface area contributed by atoms with Gasteiger partial charge in [-0.05, 0) is 48.5 Å². The summed E-state index contributed by atoms with van der Waals surface area (Å²) >= 11 is 0. The summed E-state index contributed by atoms with van der Waals surface area (Å²) in [6.45, 7) is 1.71. The van der Waals surface area contributed by atoms with Crippen LogP contribution in [0.2, 0.25) is 0 Å². The Morgan fingerprint density at radius 3 is 2.38 bits per heavy atom. The number of hydrogen-bond donors (Lipinski definition) is 0. The minimum atomic E-state index is -3.63. The van der Waals surface area contributed by atoms with E-state index in [1.54, 1.807) is 23.2 Å². The summed E-state index contributed by atoms with van der Waals surface area (Å²) in [7, 11) is -3.63. The molecule has 0 bridgehead atoms. The van der Waals surface area contributed by atoms with Gasteiger partial charge in [0.25, 0.3) is 5.91 Å². The van der Waals surface area contributed by atoms with Crippen LogP contribution in [0.5, 0.6) is 0 Å². The number of amides is 1. The number of pyridine rings is 1. The molecule has 8 nitrogen and oxygen atoms in total. The zero-order valence-electron chi connectivity index (χ0n) is 18.4. The van der Waals surface area contributed by atoms with Crippen LogP contribution in [0.4, 0.5) is 5.69 Å².